The summed E-state index contributed by atoms with van der Waals surface area (Å²) in [6.45, 7) is 0. The van der Waals surface area contributed by atoms with Crippen LogP contribution in [0.3, 0.4) is 0 Å². The summed E-state index contributed by atoms with van der Waals surface area (Å²) in [5, 5.41) is 11.5. The monoisotopic (exact) mass is 561 g/mol. The van der Waals surface area contributed by atoms with Crippen molar-refractivity contribution in [3.63, 3.8) is 0 Å². The SMILES string of the molecule is COc1ccccc1[C@H]1C2=C(N=c3s/c(=C\c4ccc(-c5ccccc5[N+](=O)[O-])o4)c(=O)n31)c1ccccc1CC2. The molecule has 5 aromatic rings. The zero-order chi connectivity index (χ0) is 28.1. The van der Waals surface area contributed by atoms with Crippen LogP contribution < -0.4 is 19.6 Å². The summed E-state index contributed by atoms with van der Waals surface area (Å²) in [5.41, 5.74) is 5.38. The highest BCUT2D eigenvalue weighted by Gasteiger charge is 2.34. The molecule has 0 saturated heterocycles. The molecular formula is C32H23N3O5S. The topological polar surface area (TPSA) is 99.9 Å². The maximum absolute atomic E-state index is 14.0. The van der Waals surface area contributed by atoms with Crippen molar-refractivity contribution in [2.24, 2.45) is 4.99 Å². The smallest absolute Gasteiger partial charge is 0.280 e. The van der Waals surface area contributed by atoms with Crippen LogP contribution in [0.25, 0.3) is 23.1 Å². The van der Waals surface area contributed by atoms with Crippen LogP contribution in [0.2, 0.25) is 0 Å². The van der Waals surface area contributed by atoms with Crippen molar-refractivity contribution in [1.82, 2.24) is 4.57 Å². The third-order valence-corrected chi connectivity index (χ3v) is 8.56. The molecule has 0 N–H and O–H groups in total. The largest absolute Gasteiger partial charge is 0.496 e. The fourth-order valence-corrected chi connectivity index (χ4v) is 6.72. The zero-order valence-corrected chi connectivity index (χ0v) is 22.8. The predicted molar refractivity (Wildman–Crippen MR) is 157 cm³/mol. The molecule has 0 amide bonds. The first-order valence-electron chi connectivity index (χ1n) is 13.1. The molecule has 0 spiro atoms. The van der Waals surface area contributed by atoms with Gasteiger partial charge in [0, 0.05) is 23.3 Å². The Morgan fingerprint density at radius 2 is 1.76 bits per heavy atom. The number of benzene rings is 3. The van der Waals surface area contributed by atoms with Gasteiger partial charge in [-0.2, -0.15) is 0 Å². The first kappa shape index (κ1) is 25.0. The second-order valence-corrected chi connectivity index (χ2v) is 10.8. The Balaban J connectivity index is 1.41. The van der Waals surface area contributed by atoms with E-state index in [1.165, 1.54) is 23.0 Å². The van der Waals surface area contributed by atoms with Gasteiger partial charge in [0.2, 0.25) is 0 Å². The summed E-state index contributed by atoms with van der Waals surface area (Å²) in [6.07, 6.45) is 3.32. The van der Waals surface area contributed by atoms with Gasteiger partial charge in [-0.25, -0.2) is 4.99 Å². The molecule has 0 fully saturated rings. The number of allylic oxidation sites excluding steroid dienone is 1. The lowest BCUT2D eigenvalue weighted by molar-refractivity contribution is -0.384. The molecule has 3 aromatic carbocycles. The molecule has 202 valence electrons. The Morgan fingerprint density at radius 1 is 1.00 bits per heavy atom. The maximum atomic E-state index is 14.0. The number of rotatable bonds is 5. The quantitative estimate of drug-likeness (QED) is 0.209. The van der Waals surface area contributed by atoms with Crippen LogP contribution in [0.15, 0.2) is 105 Å². The molecule has 2 aliphatic rings. The second-order valence-electron chi connectivity index (χ2n) is 9.83. The van der Waals surface area contributed by atoms with Gasteiger partial charge in [-0.3, -0.25) is 19.5 Å². The van der Waals surface area contributed by atoms with Crippen molar-refractivity contribution in [1.29, 1.82) is 0 Å². The van der Waals surface area contributed by atoms with Crippen LogP contribution in [-0.2, 0) is 6.42 Å². The Morgan fingerprint density at radius 3 is 2.59 bits per heavy atom. The van der Waals surface area contributed by atoms with Crippen molar-refractivity contribution in [3.05, 3.63) is 143 Å². The minimum atomic E-state index is -0.437. The zero-order valence-electron chi connectivity index (χ0n) is 21.9. The van der Waals surface area contributed by atoms with Gasteiger partial charge in [-0.1, -0.05) is 65.9 Å². The van der Waals surface area contributed by atoms with Crippen LogP contribution in [0.1, 0.15) is 34.9 Å². The lowest BCUT2D eigenvalue weighted by Crippen LogP contribution is -2.38. The van der Waals surface area contributed by atoms with Gasteiger partial charge in [-0.15, -0.1) is 0 Å². The van der Waals surface area contributed by atoms with E-state index in [2.05, 4.69) is 12.1 Å². The van der Waals surface area contributed by atoms with Gasteiger partial charge in [0.15, 0.2) is 4.80 Å². The molecule has 7 rings (SSSR count). The number of hydrogen-bond acceptors (Lipinski definition) is 7. The molecule has 1 aliphatic carbocycles. The lowest BCUT2D eigenvalue weighted by atomic mass is 9.83. The third-order valence-electron chi connectivity index (χ3n) is 7.57. The van der Waals surface area contributed by atoms with E-state index in [1.54, 1.807) is 48.1 Å². The van der Waals surface area contributed by atoms with Crippen molar-refractivity contribution in [3.8, 4) is 17.1 Å². The highest BCUT2D eigenvalue weighted by atomic mass is 32.1. The first-order chi connectivity index (χ1) is 20.0. The molecule has 8 nitrogen and oxygen atoms in total. The van der Waals surface area contributed by atoms with Crippen LogP contribution in [0.4, 0.5) is 5.69 Å². The number of aromatic nitrogens is 1. The Bertz CT molecular complexity index is 2070. The number of methoxy groups -OCH3 is 1. The second kappa shape index (κ2) is 9.87. The average molecular weight is 562 g/mol. The fourth-order valence-electron chi connectivity index (χ4n) is 5.74. The number of furan rings is 1. The van der Waals surface area contributed by atoms with E-state index in [9.17, 15) is 14.9 Å². The Hall–Kier alpha value is -5.02. The van der Waals surface area contributed by atoms with Gasteiger partial charge in [-0.05, 0) is 48.2 Å². The maximum Gasteiger partial charge on any atom is 0.280 e. The van der Waals surface area contributed by atoms with E-state index >= 15 is 0 Å². The summed E-state index contributed by atoms with van der Waals surface area (Å²) in [7, 11) is 1.64. The molecule has 0 radical (unpaired) electrons. The van der Waals surface area contributed by atoms with E-state index in [-0.39, 0.29) is 17.3 Å². The summed E-state index contributed by atoms with van der Waals surface area (Å²) in [5.74, 6) is 1.49. The van der Waals surface area contributed by atoms with Crippen molar-refractivity contribution < 1.29 is 14.1 Å². The standard InChI is InChI=1S/C32H23N3O5S/c1-39-26-13-7-5-11-23(26)30-24-16-14-19-8-2-3-9-21(19)29(24)33-32-34(30)31(36)28(41-32)18-20-15-17-27(40-20)22-10-4-6-12-25(22)35(37)38/h2-13,15,17-18,30H,14,16H2,1H3/b28-18-/t30-/m0/s1. The summed E-state index contributed by atoms with van der Waals surface area (Å²) >= 11 is 1.30. The van der Waals surface area contributed by atoms with Gasteiger partial charge < -0.3 is 9.15 Å². The third kappa shape index (κ3) is 4.13. The molecule has 9 heteroatoms. The highest BCUT2D eigenvalue weighted by molar-refractivity contribution is 7.07. The lowest BCUT2D eigenvalue weighted by Gasteiger charge is -2.31. The number of hydrogen-bond donors (Lipinski definition) is 0. The first-order valence-corrected chi connectivity index (χ1v) is 13.9. The number of para-hydroxylation sites is 2. The molecule has 1 atom stereocenters. The number of nitro benzene ring substituents is 1. The average Bonchev–Trinajstić information content (AvgIpc) is 3.60. The molecule has 41 heavy (non-hydrogen) atoms. The van der Waals surface area contributed by atoms with Gasteiger partial charge in [0.25, 0.3) is 11.2 Å². The van der Waals surface area contributed by atoms with Gasteiger partial charge >= 0.3 is 0 Å². The van der Waals surface area contributed by atoms with Crippen molar-refractivity contribution >= 4 is 28.8 Å². The minimum Gasteiger partial charge on any atom is -0.496 e. The number of aryl methyl sites for hydroxylation is 1. The number of ether oxygens (including phenoxy) is 1. The molecule has 0 saturated carbocycles. The molecule has 1 aliphatic heterocycles. The number of thiazole rings is 1. The van der Waals surface area contributed by atoms with Crippen LogP contribution in [-0.4, -0.2) is 16.6 Å². The normalized spacial score (nSPS) is 16.0. The Labute approximate surface area is 238 Å². The van der Waals surface area contributed by atoms with Gasteiger partial charge in [0.05, 0.1) is 33.9 Å². The van der Waals surface area contributed by atoms with Crippen LogP contribution in [0, 0.1) is 10.1 Å². The van der Waals surface area contributed by atoms with Crippen molar-refractivity contribution in [2.45, 2.75) is 18.9 Å². The van der Waals surface area contributed by atoms with E-state index < -0.39 is 4.92 Å². The van der Waals surface area contributed by atoms with Crippen molar-refractivity contribution in [2.75, 3.05) is 7.11 Å². The fraction of sp³-hybridized carbons (Fsp3) is 0.125. The van der Waals surface area contributed by atoms with Gasteiger partial charge in [0.1, 0.15) is 17.3 Å². The van der Waals surface area contributed by atoms with Crippen LogP contribution >= 0.6 is 11.3 Å². The van der Waals surface area contributed by atoms with E-state index in [4.69, 9.17) is 14.1 Å². The summed E-state index contributed by atoms with van der Waals surface area (Å²) < 4.78 is 13.9. The number of nitro groups is 1. The Kier molecular flexibility index (Phi) is 6.01. The molecule has 3 heterocycles. The molecule has 0 unspecified atom stereocenters. The number of nitrogens with zero attached hydrogens (tertiary/aromatic N) is 3. The number of fused-ring (bicyclic) bond motifs is 3. The van der Waals surface area contributed by atoms with Crippen LogP contribution in [0.5, 0.6) is 5.75 Å². The summed E-state index contributed by atoms with van der Waals surface area (Å²) in [4.78, 5) is 30.7. The minimum absolute atomic E-state index is 0.0459. The van der Waals surface area contributed by atoms with E-state index in [0.29, 0.717) is 32.2 Å². The predicted octanol–water partition coefficient (Wildman–Crippen LogP) is 5.50. The molecule has 2 aromatic heterocycles. The van der Waals surface area contributed by atoms with E-state index in [0.717, 1.165) is 35.2 Å². The molecular weight excluding hydrogens is 538 g/mol. The van der Waals surface area contributed by atoms with E-state index in [1.807, 2.05) is 36.4 Å². The highest BCUT2D eigenvalue weighted by Crippen LogP contribution is 2.43. The summed E-state index contributed by atoms with van der Waals surface area (Å²) in [6, 6.07) is 25.5. The molecule has 0 bridgehead atoms.